The number of halogens is 2. The molecule has 0 fully saturated rings. The van der Waals surface area contributed by atoms with Crippen LogP contribution in [-0.4, -0.2) is 21.6 Å². The molecule has 0 bridgehead atoms. The lowest BCUT2D eigenvalue weighted by atomic mass is 10.3. The SMILES string of the molecule is CCCOc1nc(Cl)nc(Oc2cccc(Cl)c2)n1. The molecule has 0 aliphatic carbocycles. The van der Waals surface area contributed by atoms with Crippen molar-refractivity contribution < 1.29 is 9.47 Å². The Balaban J connectivity index is 2.17. The number of aromatic nitrogens is 3. The highest BCUT2D eigenvalue weighted by atomic mass is 35.5. The molecule has 0 saturated carbocycles. The smallest absolute Gasteiger partial charge is 0.329 e. The van der Waals surface area contributed by atoms with Crippen molar-refractivity contribution in [3.8, 4) is 17.8 Å². The zero-order valence-electron chi connectivity index (χ0n) is 10.1. The van der Waals surface area contributed by atoms with E-state index < -0.39 is 0 Å². The molecule has 5 nitrogen and oxygen atoms in total. The van der Waals surface area contributed by atoms with Gasteiger partial charge in [0.1, 0.15) is 5.75 Å². The van der Waals surface area contributed by atoms with E-state index in [2.05, 4.69) is 15.0 Å². The second-order valence-corrected chi connectivity index (χ2v) is 4.35. The summed E-state index contributed by atoms with van der Waals surface area (Å²) in [7, 11) is 0. The van der Waals surface area contributed by atoms with Crippen molar-refractivity contribution >= 4 is 23.2 Å². The lowest BCUT2D eigenvalue weighted by Crippen LogP contribution is -2.03. The quantitative estimate of drug-likeness (QED) is 0.841. The number of hydrogen-bond donors (Lipinski definition) is 0. The van der Waals surface area contributed by atoms with Gasteiger partial charge in [-0.2, -0.15) is 9.97 Å². The molecule has 100 valence electrons. The molecule has 2 aromatic rings. The van der Waals surface area contributed by atoms with E-state index in [4.69, 9.17) is 32.7 Å². The van der Waals surface area contributed by atoms with E-state index in [1.165, 1.54) is 0 Å². The maximum absolute atomic E-state index is 5.86. The second kappa shape index (κ2) is 6.54. The van der Waals surface area contributed by atoms with Gasteiger partial charge in [0.15, 0.2) is 0 Å². The van der Waals surface area contributed by atoms with Gasteiger partial charge in [0.05, 0.1) is 6.61 Å². The van der Waals surface area contributed by atoms with Gasteiger partial charge in [-0.3, -0.25) is 0 Å². The average Bonchev–Trinajstić information content (AvgIpc) is 2.35. The number of hydrogen-bond acceptors (Lipinski definition) is 5. The zero-order chi connectivity index (χ0) is 13.7. The summed E-state index contributed by atoms with van der Waals surface area (Å²) in [6.07, 6.45) is 0.841. The predicted molar refractivity (Wildman–Crippen MR) is 72.1 cm³/mol. The summed E-state index contributed by atoms with van der Waals surface area (Å²) in [5, 5.41) is 0.568. The molecule has 0 aliphatic heterocycles. The van der Waals surface area contributed by atoms with E-state index in [1.807, 2.05) is 6.92 Å². The van der Waals surface area contributed by atoms with Crippen LogP contribution < -0.4 is 9.47 Å². The van der Waals surface area contributed by atoms with E-state index in [0.717, 1.165) is 6.42 Å². The Morgan fingerprint density at radius 3 is 2.63 bits per heavy atom. The van der Waals surface area contributed by atoms with Gasteiger partial charge in [-0.1, -0.05) is 24.6 Å². The monoisotopic (exact) mass is 299 g/mol. The van der Waals surface area contributed by atoms with Gasteiger partial charge in [0, 0.05) is 5.02 Å². The highest BCUT2D eigenvalue weighted by Gasteiger charge is 2.08. The summed E-state index contributed by atoms with van der Waals surface area (Å²) in [6, 6.07) is 7.08. The fraction of sp³-hybridized carbons (Fsp3) is 0.250. The van der Waals surface area contributed by atoms with Crippen LogP contribution in [0.15, 0.2) is 24.3 Å². The van der Waals surface area contributed by atoms with Crippen LogP contribution in [-0.2, 0) is 0 Å². The number of ether oxygens (including phenoxy) is 2. The van der Waals surface area contributed by atoms with Gasteiger partial charge < -0.3 is 9.47 Å². The minimum absolute atomic E-state index is 0.0122. The summed E-state index contributed by atoms with van der Waals surface area (Å²) in [5.41, 5.74) is 0. The molecular weight excluding hydrogens is 289 g/mol. The number of rotatable bonds is 5. The Labute approximate surface area is 120 Å². The van der Waals surface area contributed by atoms with Crippen LogP contribution in [0.5, 0.6) is 17.8 Å². The summed E-state index contributed by atoms with van der Waals surface area (Å²) < 4.78 is 10.7. The standard InChI is InChI=1S/C12H11Cl2N3O2/c1-2-6-18-11-15-10(14)16-12(17-11)19-9-5-3-4-8(13)7-9/h3-5,7H,2,6H2,1H3. The Morgan fingerprint density at radius 2 is 1.89 bits per heavy atom. The van der Waals surface area contributed by atoms with Crippen LogP contribution in [0.3, 0.4) is 0 Å². The maximum Gasteiger partial charge on any atom is 0.329 e. The van der Waals surface area contributed by atoms with Crippen LogP contribution in [0.4, 0.5) is 0 Å². The van der Waals surface area contributed by atoms with E-state index in [1.54, 1.807) is 24.3 Å². The summed E-state index contributed by atoms with van der Waals surface area (Å²) >= 11 is 11.6. The molecule has 0 spiro atoms. The minimum atomic E-state index is 0.0122. The molecule has 1 heterocycles. The average molecular weight is 300 g/mol. The molecule has 1 aromatic heterocycles. The van der Waals surface area contributed by atoms with E-state index in [0.29, 0.717) is 17.4 Å². The third-order valence-electron chi connectivity index (χ3n) is 2.01. The van der Waals surface area contributed by atoms with Crippen molar-refractivity contribution in [2.75, 3.05) is 6.61 Å². The first-order chi connectivity index (χ1) is 9.17. The van der Waals surface area contributed by atoms with Crippen LogP contribution in [0, 0.1) is 0 Å². The first kappa shape index (κ1) is 13.8. The van der Waals surface area contributed by atoms with Crippen LogP contribution in [0.2, 0.25) is 10.3 Å². The van der Waals surface area contributed by atoms with Gasteiger partial charge in [-0.05, 0) is 36.2 Å². The summed E-state index contributed by atoms with van der Waals surface area (Å²) in [6.45, 7) is 2.48. The topological polar surface area (TPSA) is 57.1 Å². The number of nitrogens with zero attached hydrogens (tertiary/aromatic N) is 3. The zero-order valence-corrected chi connectivity index (χ0v) is 11.6. The fourth-order valence-electron chi connectivity index (χ4n) is 1.25. The molecule has 1 aromatic carbocycles. The lowest BCUT2D eigenvalue weighted by Gasteiger charge is -2.06. The molecule has 0 amide bonds. The number of benzene rings is 1. The third-order valence-corrected chi connectivity index (χ3v) is 2.41. The van der Waals surface area contributed by atoms with Gasteiger partial charge in [0.25, 0.3) is 0 Å². The molecule has 0 unspecified atom stereocenters. The van der Waals surface area contributed by atoms with Gasteiger partial charge >= 0.3 is 12.0 Å². The van der Waals surface area contributed by atoms with Crippen molar-refractivity contribution in [2.45, 2.75) is 13.3 Å². The normalized spacial score (nSPS) is 10.3. The second-order valence-electron chi connectivity index (χ2n) is 3.58. The van der Waals surface area contributed by atoms with Crippen molar-refractivity contribution in [1.29, 1.82) is 0 Å². The van der Waals surface area contributed by atoms with Crippen LogP contribution in [0.25, 0.3) is 0 Å². The van der Waals surface area contributed by atoms with Crippen molar-refractivity contribution in [2.24, 2.45) is 0 Å². The first-order valence-electron chi connectivity index (χ1n) is 5.65. The molecule has 0 N–H and O–H groups in total. The maximum atomic E-state index is 5.86. The first-order valence-corrected chi connectivity index (χ1v) is 6.41. The minimum Gasteiger partial charge on any atom is -0.463 e. The fourth-order valence-corrected chi connectivity index (χ4v) is 1.58. The predicted octanol–water partition coefficient (Wildman–Crippen LogP) is 3.76. The Hall–Kier alpha value is -1.59. The van der Waals surface area contributed by atoms with Gasteiger partial charge in [0.2, 0.25) is 5.28 Å². The molecule has 7 heteroatoms. The summed E-state index contributed by atoms with van der Waals surface area (Å²) in [4.78, 5) is 11.7. The van der Waals surface area contributed by atoms with Crippen molar-refractivity contribution in [1.82, 2.24) is 15.0 Å². The van der Waals surface area contributed by atoms with Crippen LogP contribution >= 0.6 is 23.2 Å². The largest absolute Gasteiger partial charge is 0.463 e. The molecule has 2 rings (SSSR count). The van der Waals surface area contributed by atoms with Gasteiger partial charge in [-0.15, -0.1) is 4.98 Å². The Morgan fingerprint density at radius 1 is 1.11 bits per heavy atom. The third kappa shape index (κ3) is 4.22. The van der Waals surface area contributed by atoms with E-state index >= 15 is 0 Å². The van der Waals surface area contributed by atoms with Crippen LogP contribution in [0.1, 0.15) is 13.3 Å². The Bertz CT molecular complexity index is 566. The lowest BCUT2D eigenvalue weighted by molar-refractivity contribution is 0.284. The highest BCUT2D eigenvalue weighted by Crippen LogP contribution is 2.23. The van der Waals surface area contributed by atoms with E-state index in [-0.39, 0.29) is 17.3 Å². The molecule has 0 atom stereocenters. The molecular formula is C12H11Cl2N3O2. The molecule has 0 saturated heterocycles. The molecule has 0 radical (unpaired) electrons. The van der Waals surface area contributed by atoms with Crippen molar-refractivity contribution in [3.63, 3.8) is 0 Å². The Kier molecular flexibility index (Phi) is 4.76. The summed E-state index contributed by atoms with van der Waals surface area (Å²) in [5.74, 6) is 0.510. The van der Waals surface area contributed by atoms with Crippen molar-refractivity contribution in [3.05, 3.63) is 34.6 Å². The molecule has 19 heavy (non-hydrogen) atoms. The van der Waals surface area contributed by atoms with Gasteiger partial charge in [-0.25, -0.2) is 0 Å². The van der Waals surface area contributed by atoms with E-state index in [9.17, 15) is 0 Å². The highest BCUT2D eigenvalue weighted by molar-refractivity contribution is 6.30. The molecule has 0 aliphatic rings.